The van der Waals surface area contributed by atoms with Gasteiger partial charge in [-0.3, -0.25) is 9.51 Å². The molecule has 21 heavy (non-hydrogen) atoms. The standard InChI is InChI=1S/C10H9F2N7O2/c1-18(4-5-13-10(20)21-17-5)7-3-2-6-14-15-9(8(11)12)19(6)16-7/h2-3,8H,4H2,1H3,(H,13,17,20). The Bertz CT molecular complexity index is 824. The van der Waals surface area contributed by atoms with Crippen LogP contribution in [0.3, 0.4) is 0 Å². The molecule has 0 atom stereocenters. The van der Waals surface area contributed by atoms with Gasteiger partial charge in [0.15, 0.2) is 11.5 Å². The molecule has 0 saturated heterocycles. The fourth-order valence-electron chi connectivity index (χ4n) is 1.77. The van der Waals surface area contributed by atoms with E-state index in [9.17, 15) is 13.6 Å². The molecule has 0 bridgehead atoms. The molecule has 9 nitrogen and oxygen atoms in total. The molecule has 0 aliphatic heterocycles. The highest BCUT2D eigenvalue weighted by atomic mass is 19.3. The number of hydrogen-bond acceptors (Lipinski definition) is 7. The maximum absolute atomic E-state index is 12.8. The van der Waals surface area contributed by atoms with E-state index in [0.717, 1.165) is 4.52 Å². The first-order chi connectivity index (χ1) is 10.0. The van der Waals surface area contributed by atoms with Gasteiger partial charge in [0.1, 0.15) is 5.82 Å². The van der Waals surface area contributed by atoms with Gasteiger partial charge in [-0.05, 0) is 12.1 Å². The van der Waals surface area contributed by atoms with E-state index < -0.39 is 18.0 Å². The van der Waals surface area contributed by atoms with Gasteiger partial charge in [-0.2, -0.15) is 4.52 Å². The van der Waals surface area contributed by atoms with Crippen molar-refractivity contribution in [3.8, 4) is 0 Å². The van der Waals surface area contributed by atoms with Crippen molar-refractivity contribution in [3.05, 3.63) is 34.3 Å². The monoisotopic (exact) mass is 297 g/mol. The van der Waals surface area contributed by atoms with Crippen molar-refractivity contribution in [1.82, 2.24) is 30.0 Å². The molecule has 0 aliphatic carbocycles. The number of H-pyrrole nitrogens is 1. The fourth-order valence-corrected chi connectivity index (χ4v) is 1.77. The van der Waals surface area contributed by atoms with E-state index in [0.29, 0.717) is 11.6 Å². The van der Waals surface area contributed by atoms with E-state index in [1.165, 1.54) is 6.07 Å². The van der Waals surface area contributed by atoms with Crippen molar-refractivity contribution in [2.45, 2.75) is 13.0 Å². The maximum Gasteiger partial charge on any atom is 0.438 e. The minimum atomic E-state index is -2.78. The molecule has 0 aliphatic rings. The number of halogens is 2. The van der Waals surface area contributed by atoms with E-state index in [2.05, 4.69) is 30.0 Å². The van der Waals surface area contributed by atoms with E-state index in [-0.39, 0.29) is 12.2 Å². The number of aromatic amines is 1. The Morgan fingerprint density at radius 2 is 2.24 bits per heavy atom. The molecule has 3 aromatic heterocycles. The van der Waals surface area contributed by atoms with E-state index in [1.54, 1.807) is 18.0 Å². The van der Waals surface area contributed by atoms with Crippen molar-refractivity contribution >= 4 is 11.5 Å². The molecule has 3 heterocycles. The van der Waals surface area contributed by atoms with Crippen LogP contribution in [-0.2, 0) is 6.54 Å². The average Bonchev–Trinajstić information content (AvgIpc) is 3.04. The predicted molar refractivity (Wildman–Crippen MR) is 65.0 cm³/mol. The van der Waals surface area contributed by atoms with Crippen LogP contribution in [0.25, 0.3) is 5.65 Å². The zero-order chi connectivity index (χ0) is 15.0. The van der Waals surface area contributed by atoms with Crippen molar-refractivity contribution < 1.29 is 13.3 Å². The van der Waals surface area contributed by atoms with Crippen LogP contribution in [0.15, 0.2) is 21.5 Å². The SMILES string of the molecule is CN(Cc1noc(=O)[nH]1)c1ccc2nnc(C(F)F)n2n1. The number of nitrogens with zero attached hydrogens (tertiary/aromatic N) is 6. The number of fused-ring (bicyclic) bond motifs is 1. The van der Waals surface area contributed by atoms with E-state index in [4.69, 9.17) is 0 Å². The Labute approximate surface area is 115 Å². The second-order valence-corrected chi connectivity index (χ2v) is 4.22. The van der Waals surface area contributed by atoms with Gasteiger partial charge in [0, 0.05) is 7.05 Å². The summed E-state index contributed by atoms with van der Waals surface area (Å²) in [6, 6.07) is 3.11. The lowest BCUT2D eigenvalue weighted by Crippen LogP contribution is -2.20. The number of aromatic nitrogens is 6. The summed E-state index contributed by atoms with van der Waals surface area (Å²) >= 11 is 0. The van der Waals surface area contributed by atoms with Gasteiger partial charge >= 0.3 is 5.76 Å². The predicted octanol–water partition coefficient (Wildman–Crippen LogP) is 0.375. The fraction of sp³-hybridized carbons (Fsp3) is 0.300. The maximum atomic E-state index is 12.8. The molecule has 110 valence electrons. The zero-order valence-corrected chi connectivity index (χ0v) is 10.7. The van der Waals surface area contributed by atoms with Gasteiger partial charge in [-0.1, -0.05) is 5.16 Å². The van der Waals surface area contributed by atoms with Crippen LogP contribution in [0.5, 0.6) is 0 Å². The number of nitrogens with one attached hydrogen (secondary N) is 1. The lowest BCUT2D eigenvalue weighted by molar-refractivity contribution is 0.137. The summed E-state index contributed by atoms with van der Waals surface area (Å²) in [6.07, 6.45) is -2.78. The molecular formula is C10H9F2N7O2. The first-order valence-corrected chi connectivity index (χ1v) is 5.81. The summed E-state index contributed by atoms with van der Waals surface area (Å²) in [5.41, 5.74) is 0.220. The summed E-state index contributed by atoms with van der Waals surface area (Å²) in [5.74, 6) is -0.522. The number of rotatable bonds is 4. The number of hydrogen-bond donors (Lipinski definition) is 1. The number of alkyl halides is 2. The molecule has 0 amide bonds. The lowest BCUT2D eigenvalue weighted by Gasteiger charge is -2.15. The first kappa shape index (κ1) is 13.1. The van der Waals surface area contributed by atoms with Crippen molar-refractivity contribution in [2.75, 3.05) is 11.9 Å². The normalized spacial score (nSPS) is 11.4. The Morgan fingerprint density at radius 1 is 1.43 bits per heavy atom. The lowest BCUT2D eigenvalue weighted by atomic mass is 10.4. The molecule has 0 fully saturated rings. The Balaban J connectivity index is 1.92. The van der Waals surface area contributed by atoms with Gasteiger partial charge in [0.05, 0.1) is 6.54 Å². The molecule has 11 heteroatoms. The van der Waals surface area contributed by atoms with E-state index >= 15 is 0 Å². The van der Waals surface area contributed by atoms with Gasteiger partial charge in [-0.15, -0.1) is 15.3 Å². The molecule has 0 saturated carbocycles. The van der Waals surface area contributed by atoms with Gasteiger partial charge in [0.25, 0.3) is 6.43 Å². The van der Waals surface area contributed by atoms with Crippen LogP contribution in [0, 0.1) is 0 Å². The summed E-state index contributed by atoms with van der Waals surface area (Å²) in [6.45, 7) is 0.191. The highest BCUT2D eigenvalue weighted by Crippen LogP contribution is 2.18. The van der Waals surface area contributed by atoms with Crippen LogP contribution in [0.4, 0.5) is 14.6 Å². The molecule has 1 N–H and O–H groups in total. The number of anilines is 1. The summed E-state index contributed by atoms with van der Waals surface area (Å²) in [7, 11) is 1.66. The topological polar surface area (TPSA) is 105 Å². The van der Waals surface area contributed by atoms with Crippen LogP contribution >= 0.6 is 0 Å². The smallest absolute Gasteiger partial charge is 0.351 e. The largest absolute Gasteiger partial charge is 0.438 e. The third-order valence-corrected chi connectivity index (χ3v) is 2.73. The summed E-state index contributed by atoms with van der Waals surface area (Å²) in [4.78, 5) is 14.8. The molecular weight excluding hydrogens is 288 g/mol. The summed E-state index contributed by atoms with van der Waals surface area (Å²) in [5, 5.41) is 14.6. The molecule has 0 aromatic carbocycles. The summed E-state index contributed by atoms with van der Waals surface area (Å²) < 4.78 is 30.9. The minimum absolute atomic E-state index is 0.191. The minimum Gasteiger partial charge on any atom is -0.351 e. The highest BCUT2D eigenvalue weighted by molar-refractivity contribution is 5.45. The third kappa shape index (κ3) is 2.44. The van der Waals surface area contributed by atoms with Crippen molar-refractivity contribution in [3.63, 3.8) is 0 Å². The molecule has 0 unspecified atom stereocenters. The molecule has 0 radical (unpaired) electrons. The second-order valence-electron chi connectivity index (χ2n) is 4.22. The molecule has 0 spiro atoms. The molecule has 3 rings (SSSR count). The van der Waals surface area contributed by atoms with Crippen LogP contribution in [0.2, 0.25) is 0 Å². The Hall–Kier alpha value is -2.85. The first-order valence-electron chi connectivity index (χ1n) is 5.81. The Morgan fingerprint density at radius 3 is 2.90 bits per heavy atom. The van der Waals surface area contributed by atoms with Crippen molar-refractivity contribution in [2.24, 2.45) is 0 Å². The quantitative estimate of drug-likeness (QED) is 0.741. The zero-order valence-electron chi connectivity index (χ0n) is 10.7. The van der Waals surface area contributed by atoms with Crippen LogP contribution < -0.4 is 10.7 Å². The van der Waals surface area contributed by atoms with Crippen LogP contribution in [0.1, 0.15) is 18.1 Å². The Kier molecular flexibility index (Phi) is 3.08. The van der Waals surface area contributed by atoms with Gasteiger partial charge in [0.2, 0.25) is 5.82 Å². The van der Waals surface area contributed by atoms with E-state index in [1.807, 2.05) is 0 Å². The van der Waals surface area contributed by atoms with Crippen LogP contribution in [-0.4, -0.2) is 37.0 Å². The highest BCUT2D eigenvalue weighted by Gasteiger charge is 2.18. The van der Waals surface area contributed by atoms with Crippen molar-refractivity contribution in [1.29, 1.82) is 0 Å². The third-order valence-electron chi connectivity index (χ3n) is 2.73. The van der Waals surface area contributed by atoms with Gasteiger partial charge < -0.3 is 4.90 Å². The molecule has 3 aromatic rings. The second kappa shape index (κ2) is 4.92. The average molecular weight is 297 g/mol. The van der Waals surface area contributed by atoms with Gasteiger partial charge in [-0.25, -0.2) is 13.6 Å².